The lowest BCUT2D eigenvalue weighted by molar-refractivity contribution is -0.141. The number of carbonyl (C=O) groups excluding carboxylic acids is 1. The summed E-state index contributed by atoms with van der Waals surface area (Å²) in [6, 6.07) is 11.6. The number of hydrogen-bond acceptors (Lipinski definition) is 7. The molecular weight excluding hydrogens is 410 g/mol. The average molecular weight is 442 g/mol. The number of hydrogen-bond donors (Lipinski definition) is 4. The molecule has 2 aromatic rings. The largest absolute Gasteiger partial charge is 0.494 e. The normalized spacial score (nSPS) is 19.0. The number of methoxy groups -OCH3 is 1. The van der Waals surface area contributed by atoms with Gasteiger partial charge in [0, 0.05) is 17.3 Å². The maximum Gasteiger partial charge on any atom is 0.332 e. The van der Waals surface area contributed by atoms with Crippen molar-refractivity contribution >= 4 is 17.5 Å². The van der Waals surface area contributed by atoms with Gasteiger partial charge in [-0.3, -0.25) is 5.41 Å². The Bertz CT molecular complexity index is 924. The molecule has 0 aliphatic heterocycles. The highest BCUT2D eigenvalue weighted by molar-refractivity contribution is 5.95. The number of aliphatic hydroxyl groups excluding tert-OH is 1. The first kappa shape index (κ1) is 23.4. The number of nitrogen functional groups attached to an aromatic ring is 1. The van der Waals surface area contributed by atoms with Crippen LogP contribution in [0.1, 0.15) is 49.8 Å². The molecule has 8 heteroatoms. The van der Waals surface area contributed by atoms with E-state index in [1.807, 2.05) is 19.1 Å². The maximum atomic E-state index is 12.7. The summed E-state index contributed by atoms with van der Waals surface area (Å²) in [6.07, 6.45) is 2.72. The number of anilines is 1. The van der Waals surface area contributed by atoms with Gasteiger partial charge in [0.25, 0.3) is 0 Å². The molecule has 5 N–H and O–H groups in total. The van der Waals surface area contributed by atoms with E-state index < -0.39 is 12.0 Å². The quantitative estimate of drug-likeness (QED) is 0.267. The van der Waals surface area contributed by atoms with Crippen molar-refractivity contribution in [3.63, 3.8) is 0 Å². The number of rotatable bonds is 9. The molecule has 1 aliphatic rings. The SMILES string of the molecule is CCOc1cc(OC2CCC(O)CC2)cc(C(Nc2ccc(C(=N)N)cc2)C(=O)OC)c1. The second kappa shape index (κ2) is 10.9. The maximum absolute atomic E-state index is 12.7. The third-order valence-electron chi connectivity index (χ3n) is 5.44. The highest BCUT2D eigenvalue weighted by atomic mass is 16.5. The molecule has 172 valence electrons. The van der Waals surface area contributed by atoms with Gasteiger partial charge in [-0.1, -0.05) is 0 Å². The van der Waals surface area contributed by atoms with Crippen LogP contribution in [-0.4, -0.2) is 42.8 Å². The minimum Gasteiger partial charge on any atom is -0.494 e. The van der Waals surface area contributed by atoms with E-state index in [0.29, 0.717) is 47.8 Å². The van der Waals surface area contributed by atoms with Crippen LogP contribution in [0.4, 0.5) is 5.69 Å². The summed E-state index contributed by atoms with van der Waals surface area (Å²) in [5.41, 5.74) is 7.43. The van der Waals surface area contributed by atoms with Crippen LogP contribution >= 0.6 is 0 Å². The predicted molar refractivity (Wildman–Crippen MR) is 122 cm³/mol. The smallest absolute Gasteiger partial charge is 0.332 e. The Kier molecular flexibility index (Phi) is 7.94. The number of amidine groups is 1. The van der Waals surface area contributed by atoms with Crippen molar-refractivity contribution in [3.05, 3.63) is 53.6 Å². The Morgan fingerprint density at radius 1 is 1.16 bits per heavy atom. The molecule has 0 bridgehead atoms. The summed E-state index contributed by atoms with van der Waals surface area (Å²) in [5, 5.41) is 20.5. The summed E-state index contributed by atoms with van der Waals surface area (Å²) < 4.78 is 16.9. The van der Waals surface area contributed by atoms with Crippen molar-refractivity contribution in [1.82, 2.24) is 0 Å². The van der Waals surface area contributed by atoms with Gasteiger partial charge in [0.1, 0.15) is 17.3 Å². The van der Waals surface area contributed by atoms with E-state index >= 15 is 0 Å². The lowest BCUT2D eigenvalue weighted by Gasteiger charge is -2.27. The van der Waals surface area contributed by atoms with E-state index in [1.165, 1.54) is 7.11 Å². The second-order valence-electron chi connectivity index (χ2n) is 7.81. The third-order valence-corrected chi connectivity index (χ3v) is 5.44. The Labute approximate surface area is 188 Å². The lowest BCUT2D eigenvalue weighted by atomic mass is 9.95. The molecule has 0 heterocycles. The summed E-state index contributed by atoms with van der Waals surface area (Å²) in [7, 11) is 1.34. The van der Waals surface area contributed by atoms with Crippen LogP contribution < -0.4 is 20.5 Å². The number of nitrogens with two attached hydrogens (primary N) is 1. The van der Waals surface area contributed by atoms with Gasteiger partial charge < -0.3 is 30.4 Å². The first-order chi connectivity index (χ1) is 15.4. The minimum atomic E-state index is -0.792. The summed E-state index contributed by atoms with van der Waals surface area (Å²) in [6.45, 7) is 2.36. The van der Waals surface area contributed by atoms with Gasteiger partial charge in [-0.25, -0.2) is 4.79 Å². The molecule has 0 amide bonds. The Balaban J connectivity index is 1.87. The van der Waals surface area contributed by atoms with Crippen LogP contribution in [0.3, 0.4) is 0 Å². The molecule has 1 aliphatic carbocycles. The fourth-order valence-electron chi connectivity index (χ4n) is 3.74. The molecule has 1 atom stereocenters. The Morgan fingerprint density at radius 3 is 2.41 bits per heavy atom. The van der Waals surface area contributed by atoms with Crippen LogP contribution in [0.5, 0.6) is 11.5 Å². The number of nitrogens with one attached hydrogen (secondary N) is 2. The first-order valence-corrected chi connectivity index (χ1v) is 10.8. The van der Waals surface area contributed by atoms with Crippen molar-refractivity contribution in [3.8, 4) is 11.5 Å². The van der Waals surface area contributed by atoms with Gasteiger partial charge in [0.05, 0.1) is 25.9 Å². The Hall–Kier alpha value is -3.26. The van der Waals surface area contributed by atoms with Crippen LogP contribution in [0.25, 0.3) is 0 Å². The zero-order chi connectivity index (χ0) is 23.1. The number of esters is 1. The molecule has 2 aromatic carbocycles. The van der Waals surface area contributed by atoms with Gasteiger partial charge in [-0.2, -0.15) is 0 Å². The van der Waals surface area contributed by atoms with E-state index in [-0.39, 0.29) is 18.0 Å². The fraction of sp³-hybridized carbons (Fsp3) is 0.417. The molecule has 1 saturated carbocycles. The topological polar surface area (TPSA) is 127 Å². The zero-order valence-electron chi connectivity index (χ0n) is 18.5. The second-order valence-corrected chi connectivity index (χ2v) is 7.81. The summed E-state index contributed by atoms with van der Waals surface area (Å²) in [5.74, 6) is 0.719. The van der Waals surface area contributed by atoms with E-state index in [1.54, 1.807) is 30.3 Å². The van der Waals surface area contributed by atoms with E-state index in [4.69, 9.17) is 25.4 Å². The van der Waals surface area contributed by atoms with Crippen molar-refractivity contribution in [1.29, 1.82) is 5.41 Å². The van der Waals surface area contributed by atoms with Gasteiger partial charge in [0.2, 0.25) is 0 Å². The van der Waals surface area contributed by atoms with Crippen LogP contribution in [0.2, 0.25) is 0 Å². The predicted octanol–water partition coefficient (Wildman–Crippen LogP) is 3.38. The zero-order valence-corrected chi connectivity index (χ0v) is 18.5. The average Bonchev–Trinajstić information content (AvgIpc) is 2.79. The first-order valence-electron chi connectivity index (χ1n) is 10.8. The van der Waals surface area contributed by atoms with Crippen LogP contribution in [0.15, 0.2) is 42.5 Å². The van der Waals surface area contributed by atoms with Gasteiger partial charge in [-0.05, 0) is 74.6 Å². The van der Waals surface area contributed by atoms with Crippen molar-refractivity contribution in [2.75, 3.05) is 19.0 Å². The van der Waals surface area contributed by atoms with E-state index in [2.05, 4.69) is 5.32 Å². The molecule has 0 spiro atoms. The molecule has 3 rings (SSSR count). The Morgan fingerprint density at radius 2 is 1.81 bits per heavy atom. The summed E-state index contributed by atoms with van der Waals surface area (Å²) >= 11 is 0. The molecule has 8 nitrogen and oxygen atoms in total. The standard InChI is InChI=1S/C24H31N3O5/c1-3-31-20-12-16(13-21(14-20)32-19-10-8-18(28)9-11-19)22(24(29)30-2)27-17-6-4-15(5-7-17)23(25)26/h4-7,12-14,18-19,22,27-28H,3,8-11H2,1-2H3,(H3,25,26). The van der Waals surface area contributed by atoms with Crippen molar-refractivity contribution in [2.45, 2.75) is 50.9 Å². The van der Waals surface area contributed by atoms with E-state index in [9.17, 15) is 9.90 Å². The monoisotopic (exact) mass is 441 g/mol. The minimum absolute atomic E-state index is 0.00628. The van der Waals surface area contributed by atoms with Gasteiger partial charge >= 0.3 is 5.97 Å². The molecular formula is C24H31N3O5. The lowest BCUT2D eigenvalue weighted by Crippen LogP contribution is -2.27. The summed E-state index contributed by atoms with van der Waals surface area (Å²) in [4.78, 5) is 12.7. The van der Waals surface area contributed by atoms with Crippen LogP contribution in [0, 0.1) is 5.41 Å². The number of carbonyl (C=O) groups is 1. The number of ether oxygens (including phenoxy) is 3. The van der Waals surface area contributed by atoms with Crippen LogP contribution in [-0.2, 0) is 9.53 Å². The van der Waals surface area contributed by atoms with Crippen molar-refractivity contribution in [2.24, 2.45) is 5.73 Å². The molecule has 1 fully saturated rings. The number of aliphatic hydroxyl groups is 1. The highest BCUT2D eigenvalue weighted by Gasteiger charge is 2.25. The molecule has 0 aromatic heterocycles. The fourth-order valence-corrected chi connectivity index (χ4v) is 3.74. The third kappa shape index (κ3) is 6.13. The molecule has 32 heavy (non-hydrogen) atoms. The van der Waals surface area contributed by atoms with Gasteiger partial charge in [-0.15, -0.1) is 0 Å². The van der Waals surface area contributed by atoms with Gasteiger partial charge in [0.15, 0.2) is 6.04 Å². The molecule has 0 saturated heterocycles. The number of benzene rings is 2. The van der Waals surface area contributed by atoms with Crippen molar-refractivity contribution < 1.29 is 24.1 Å². The highest BCUT2D eigenvalue weighted by Crippen LogP contribution is 2.32. The van der Waals surface area contributed by atoms with E-state index in [0.717, 1.165) is 12.8 Å². The molecule has 0 radical (unpaired) electrons. The molecule has 1 unspecified atom stereocenters.